The summed E-state index contributed by atoms with van der Waals surface area (Å²) >= 11 is 0. The van der Waals surface area contributed by atoms with Crippen molar-refractivity contribution in [2.24, 2.45) is 16.8 Å². The van der Waals surface area contributed by atoms with Crippen LogP contribution in [0.15, 0.2) is 28.4 Å². The van der Waals surface area contributed by atoms with Gasteiger partial charge in [0.2, 0.25) is 0 Å². The van der Waals surface area contributed by atoms with E-state index >= 15 is 0 Å². The van der Waals surface area contributed by atoms with Gasteiger partial charge in [0.25, 0.3) is 0 Å². The van der Waals surface area contributed by atoms with Crippen LogP contribution < -0.4 is 0 Å². The van der Waals surface area contributed by atoms with Gasteiger partial charge in [0.15, 0.2) is 0 Å². The SMILES string of the molecule is C=N/C(=C(\C(=C)C)C(C)C)C(C)C. The molecule has 1 nitrogen and oxygen atoms in total. The van der Waals surface area contributed by atoms with E-state index < -0.39 is 0 Å². The Morgan fingerprint density at radius 2 is 1.54 bits per heavy atom. The summed E-state index contributed by atoms with van der Waals surface area (Å²) in [6, 6.07) is 0. The van der Waals surface area contributed by atoms with Crippen LogP contribution in [0.4, 0.5) is 0 Å². The van der Waals surface area contributed by atoms with E-state index in [2.05, 4.69) is 46.0 Å². The van der Waals surface area contributed by atoms with Crippen LogP contribution in [0.25, 0.3) is 0 Å². The van der Waals surface area contributed by atoms with Crippen molar-refractivity contribution in [2.75, 3.05) is 0 Å². The Balaban J connectivity index is 5.26. The predicted molar refractivity (Wildman–Crippen MR) is 61.1 cm³/mol. The molecule has 0 spiro atoms. The number of aliphatic imine (C=N–C) groups is 1. The first-order valence-corrected chi connectivity index (χ1v) is 4.78. The summed E-state index contributed by atoms with van der Waals surface area (Å²) in [5.41, 5.74) is 3.44. The summed E-state index contributed by atoms with van der Waals surface area (Å²) in [5, 5.41) is 0. The van der Waals surface area contributed by atoms with E-state index in [-0.39, 0.29) is 0 Å². The Morgan fingerprint density at radius 1 is 1.08 bits per heavy atom. The molecule has 0 fully saturated rings. The lowest BCUT2D eigenvalue weighted by Gasteiger charge is -2.17. The summed E-state index contributed by atoms with van der Waals surface area (Å²) in [6.45, 7) is 18.2. The topological polar surface area (TPSA) is 12.4 Å². The zero-order valence-corrected chi connectivity index (χ0v) is 9.52. The van der Waals surface area contributed by atoms with Gasteiger partial charge in [-0.1, -0.05) is 39.8 Å². The summed E-state index contributed by atoms with van der Waals surface area (Å²) in [7, 11) is 0. The summed E-state index contributed by atoms with van der Waals surface area (Å²) in [5.74, 6) is 0.895. The average Bonchev–Trinajstić information content (AvgIpc) is 1.97. The first kappa shape index (κ1) is 12.2. The molecule has 0 aromatic heterocycles. The lowest BCUT2D eigenvalue weighted by Crippen LogP contribution is -2.04. The molecule has 0 aromatic carbocycles. The van der Waals surface area contributed by atoms with Gasteiger partial charge in [0.1, 0.15) is 0 Å². The lowest BCUT2D eigenvalue weighted by atomic mass is 9.91. The van der Waals surface area contributed by atoms with E-state index in [0.29, 0.717) is 11.8 Å². The second-order valence-corrected chi connectivity index (χ2v) is 4.05. The monoisotopic (exact) mass is 179 g/mol. The molecule has 0 saturated heterocycles. The van der Waals surface area contributed by atoms with Crippen molar-refractivity contribution in [3.8, 4) is 0 Å². The van der Waals surface area contributed by atoms with E-state index in [1.807, 2.05) is 6.92 Å². The fourth-order valence-corrected chi connectivity index (χ4v) is 1.59. The van der Waals surface area contributed by atoms with Crippen molar-refractivity contribution in [1.29, 1.82) is 0 Å². The first-order chi connectivity index (χ1) is 5.91. The van der Waals surface area contributed by atoms with Crippen LogP contribution in [-0.4, -0.2) is 6.72 Å². The average molecular weight is 179 g/mol. The zero-order valence-electron chi connectivity index (χ0n) is 9.52. The van der Waals surface area contributed by atoms with Crippen LogP contribution in [0.1, 0.15) is 34.6 Å². The third kappa shape index (κ3) is 3.17. The van der Waals surface area contributed by atoms with E-state index in [1.165, 1.54) is 5.57 Å². The third-order valence-corrected chi connectivity index (χ3v) is 2.03. The van der Waals surface area contributed by atoms with Crippen molar-refractivity contribution >= 4 is 6.72 Å². The van der Waals surface area contributed by atoms with Gasteiger partial charge in [-0.3, -0.25) is 4.99 Å². The molecule has 0 rings (SSSR count). The van der Waals surface area contributed by atoms with Gasteiger partial charge in [0.05, 0.1) is 0 Å². The molecule has 0 radical (unpaired) electrons. The Hall–Kier alpha value is -0.850. The number of hydrogen-bond donors (Lipinski definition) is 0. The van der Waals surface area contributed by atoms with Crippen LogP contribution in [0.2, 0.25) is 0 Å². The highest BCUT2D eigenvalue weighted by Gasteiger charge is 2.12. The molecular weight excluding hydrogens is 158 g/mol. The molecule has 0 saturated carbocycles. The number of hydrogen-bond acceptors (Lipinski definition) is 1. The standard InChI is InChI=1S/C12H21N/c1-8(2)11(9(3)4)12(13-7)10(5)6/h9-10H,1,7H2,2-6H3/b12-11+. The molecule has 0 unspecified atom stereocenters. The highest BCUT2D eigenvalue weighted by atomic mass is 14.7. The van der Waals surface area contributed by atoms with Crippen LogP contribution in [-0.2, 0) is 0 Å². The lowest BCUT2D eigenvalue weighted by molar-refractivity contribution is 0.692. The maximum atomic E-state index is 4.10. The zero-order chi connectivity index (χ0) is 10.6. The van der Waals surface area contributed by atoms with E-state index in [0.717, 1.165) is 11.3 Å². The molecule has 0 aliphatic heterocycles. The highest BCUT2D eigenvalue weighted by Crippen LogP contribution is 2.26. The molecule has 0 bridgehead atoms. The Labute approximate surface area is 82.3 Å². The Kier molecular flexibility index (Phi) is 4.68. The second-order valence-electron chi connectivity index (χ2n) is 4.05. The molecule has 0 atom stereocenters. The molecule has 0 aromatic rings. The maximum Gasteiger partial charge on any atom is 0.0458 e. The molecule has 0 amide bonds. The van der Waals surface area contributed by atoms with Gasteiger partial charge in [0, 0.05) is 5.70 Å². The van der Waals surface area contributed by atoms with E-state index in [1.54, 1.807) is 0 Å². The molecule has 0 heterocycles. The summed E-state index contributed by atoms with van der Waals surface area (Å²) in [4.78, 5) is 4.10. The van der Waals surface area contributed by atoms with Crippen LogP contribution in [0, 0.1) is 11.8 Å². The molecule has 0 aliphatic rings. The molecule has 74 valence electrons. The number of allylic oxidation sites excluding steroid dienone is 3. The Morgan fingerprint density at radius 3 is 1.62 bits per heavy atom. The van der Waals surface area contributed by atoms with Gasteiger partial charge in [-0.05, 0) is 31.1 Å². The fourth-order valence-electron chi connectivity index (χ4n) is 1.59. The predicted octanol–water partition coefficient (Wildman–Crippen LogP) is 3.83. The van der Waals surface area contributed by atoms with Crippen molar-refractivity contribution < 1.29 is 0 Å². The van der Waals surface area contributed by atoms with Crippen molar-refractivity contribution in [2.45, 2.75) is 34.6 Å². The molecule has 0 aliphatic carbocycles. The van der Waals surface area contributed by atoms with Crippen molar-refractivity contribution in [3.05, 3.63) is 23.4 Å². The summed E-state index contributed by atoms with van der Waals surface area (Å²) in [6.07, 6.45) is 0. The van der Waals surface area contributed by atoms with Gasteiger partial charge in [-0.2, -0.15) is 0 Å². The van der Waals surface area contributed by atoms with Gasteiger partial charge in [-0.15, -0.1) is 0 Å². The minimum absolute atomic E-state index is 0.423. The number of rotatable bonds is 4. The number of nitrogens with zero attached hydrogens (tertiary/aromatic N) is 1. The third-order valence-electron chi connectivity index (χ3n) is 2.03. The fraction of sp³-hybridized carbons (Fsp3) is 0.583. The van der Waals surface area contributed by atoms with E-state index in [4.69, 9.17) is 0 Å². The van der Waals surface area contributed by atoms with Crippen molar-refractivity contribution in [3.63, 3.8) is 0 Å². The van der Waals surface area contributed by atoms with Crippen LogP contribution in [0.3, 0.4) is 0 Å². The molecule has 0 N–H and O–H groups in total. The quantitative estimate of drug-likeness (QED) is 0.459. The van der Waals surface area contributed by atoms with Gasteiger partial charge < -0.3 is 0 Å². The van der Waals surface area contributed by atoms with Gasteiger partial charge >= 0.3 is 0 Å². The smallest absolute Gasteiger partial charge is 0.0458 e. The van der Waals surface area contributed by atoms with Crippen LogP contribution in [0.5, 0.6) is 0 Å². The molecular formula is C12H21N. The molecule has 13 heavy (non-hydrogen) atoms. The highest BCUT2D eigenvalue weighted by molar-refractivity contribution is 5.39. The maximum absolute atomic E-state index is 4.10. The van der Waals surface area contributed by atoms with Crippen molar-refractivity contribution in [1.82, 2.24) is 0 Å². The minimum Gasteiger partial charge on any atom is -0.269 e. The summed E-state index contributed by atoms with van der Waals surface area (Å²) < 4.78 is 0. The second kappa shape index (κ2) is 5.00. The first-order valence-electron chi connectivity index (χ1n) is 4.78. The minimum atomic E-state index is 0.423. The molecule has 1 heteroatoms. The van der Waals surface area contributed by atoms with Gasteiger partial charge in [-0.25, -0.2) is 0 Å². The van der Waals surface area contributed by atoms with Crippen LogP contribution >= 0.6 is 0 Å². The van der Waals surface area contributed by atoms with E-state index in [9.17, 15) is 0 Å². The normalized spacial score (nSPS) is 13.2. The Bertz CT molecular complexity index is 232. The largest absolute Gasteiger partial charge is 0.269 e.